The summed E-state index contributed by atoms with van der Waals surface area (Å²) < 4.78 is 7.31. The predicted octanol–water partition coefficient (Wildman–Crippen LogP) is 3.51. The maximum atomic E-state index is 5.29. The fraction of sp³-hybridized carbons (Fsp3) is 0.565. The van der Waals surface area contributed by atoms with Gasteiger partial charge in [-0.25, -0.2) is 4.99 Å². The Bertz CT molecular complexity index is 825. The Morgan fingerprint density at radius 1 is 1.21 bits per heavy atom. The van der Waals surface area contributed by atoms with Crippen molar-refractivity contribution in [3.63, 3.8) is 0 Å². The van der Waals surface area contributed by atoms with Gasteiger partial charge in [0.25, 0.3) is 0 Å². The van der Waals surface area contributed by atoms with Gasteiger partial charge in [-0.2, -0.15) is 5.10 Å². The first kappa shape index (κ1) is 21.2. The summed E-state index contributed by atoms with van der Waals surface area (Å²) in [5.74, 6) is 2.45. The fourth-order valence-corrected chi connectivity index (χ4v) is 4.25. The molecule has 1 aliphatic rings. The number of aryl methyl sites for hydroxylation is 2. The Labute approximate surface area is 175 Å². The van der Waals surface area contributed by atoms with E-state index in [9.17, 15) is 0 Å². The third-order valence-corrected chi connectivity index (χ3v) is 5.82. The maximum absolute atomic E-state index is 5.29. The van der Waals surface area contributed by atoms with Crippen molar-refractivity contribution in [3.8, 4) is 5.75 Å². The van der Waals surface area contributed by atoms with Crippen molar-refractivity contribution < 1.29 is 4.74 Å². The zero-order valence-electron chi connectivity index (χ0n) is 18.5. The molecule has 0 spiro atoms. The summed E-state index contributed by atoms with van der Waals surface area (Å²) in [6, 6.07) is 8.48. The lowest BCUT2D eigenvalue weighted by Gasteiger charge is -2.22. The number of aliphatic imine (C=N–C) groups is 1. The van der Waals surface area contributed by atoms with Gasteiger partial charge in [-0.15, -0.1) is 0 Å². The predicted molar refractivity (Wildman–Crippen MR) is 119 cm³/mol. The van der Waals surface area contributed by atoms with Crippen LogP contribution in [-0.2, 0) is 26.4 Å². The molecule has 6 heteroatoms. The summed E-state index contributed by atoms with van der Waals surface area (Å²) in [4.78, 5) is 7.40. The number of likely N-dealkylation sites (tertiary alicyclic amines) is 1. The fourth-order valence-electron chi connectivity index (χ4n) is 4.25. The number of nitrogens with zero attached hydrogens (tertiary/aromatic N) is 4. The molecule has 1 fully saturated rings. The van der Waals surface area contributed by atoms with E-state index in [2.05, 4.69) is 55.3 Å². The van der Waals surface area contributed by atoms with Crippen LogP contribution < -0.4 is 10.1 Å². The topological polar surface area (TPSA) is 54.7 Å². The maximum Gasteiger partial charge on any atom is 0.194 e. The first-order valence-electron chi connectivity index (χ1n) is 10.8. The van der Waals surface area contributed by atoms with Gasteiger partial charge in [0.2, 0.25) is 0 Å². The highest BCUT2D eigenvalue weighted by Crippen LogP contribution is 2.28. The molecule has 29 heavy (non-hydrogen) atoms. The second-order valence-electron chi connectivity index (χ2n) is 7.58. The lowest BCUT2D eigenvalue weighted by atomic mass is 9.98. The van der Waals surface area contributed by atoms with Crippen molar-refractivity contribution in [2.75, 3.05) is 26.7 Å². The van der Waals surface area contributed by atoms with E-state index < -0.39 is 0 Å². The molecule has 1 saturated heterocycles. The smallest absolute Gasteiger partial charge is 0.194 e. The van der Waals surface area contributed by atoms with Crippen molar-refractivity contribution in [3.05, 3.63) is 46.8 Å². The molecule has 1 N–H and O–H groups in total. The van der Waals surface area contributed by atoms with E-state index in [0.717, 1.165) is 50.6 Å². The van der Waals surface area contributed by atoms with Crippen LogP contribution in [0.25, 0.3) is 0 Å². The van der Waals surface area contributed by atoms with Gasteiger partial charge in [0, 0.05) is 43.9 Å². The molecule has 0 bridgehead atoms. The van der Waals surface area contributed by atoms with Gasteiger partial charge in [-0.3, -0.25) is 4.68 Å². The van der Waals surface area contributed by atoms with Crippen LogP contribution in [0.2, 0.25) is 0 Å². The van der Waals surface area contributed by atoms with Crippen LogP contribution >= 0.6 is 0 Å². The van der Waals surface area contributed by atoms with Crippen molar-refractivity contribution in [2.45, 2.75) is 52.5 Å². The monoisotopic (exact) mass is 397 g/mol. The van der Waals surface area contributed by atoms with Gasteiger partial charge in [0.05, 0.1) is 19.3 Å². The van der Waals surface area contributed by atoms with Crippen LogP contribution in [0.5, 0.6) is 5.75 Å². The summed E-state index contributed by atoms with van der Waals surface area (Å²) in [6.45, 7) is 10.1. The zero-order chi connectivity index (χ0) is 20.8. The van der Waals surface area contributed by atoms with E-state index in [1.54, 1.807) is 7.11 Å². The van der Waals surface area contributed by atoms with E-state index in [1.807, 2.05) is 11.7 Å². The van der Waals surface area contributed by atoms with Crippen LogP contribution in [-0.4, -0.2) is 47.4 Å². The first-order chi connectivity index (χ1) is 14.1. The van der Waals surface area contributed by atoms with E-state index in [-0.39, 0.29) is 0 Å². The Balaban J connectivity index is 1.74. The molecule has 0 aliphatic carbocycles. The van der Waals surface area contributed by atoms with E-state index in [4.69, 9.17) is 14.8 Å². The highest BCUT2D eigenvalue weighted by Gasteiger charge is 2.26. The number of rotatable bonds is 7. The van der Waals surface area contributed by atoms with E-state index in [0.29, 0.717) is 12.5 Å². The van der Waals surface area contributed by atoms with Crippen molar-refractivity contribution in [1.29, 1.82) is 0 Å². The summed E-state index contributed by atoms with van der Waals surface area (Å²) in [6.07, 6.45) is 3.07. The van der Waals surface area contributed by atoms with Gasteiger partial charge in [-0.1, -0.05) is 26.0 Å². The molecule has 3 rings (SSSR count). The lowest BCUT2D eigenvalue weighted by Crippen LogP contribution is -2.40. The Kier molecular flexibility index (Phi) is 7.18. The standard InChI is InChI=1S/C23H35N5O/c1-6-21-20(22(7-2)27(4)26-21)15-25-23(24-8-3)28-14-13-18(16-28)17-9-11-19(29-5)12-10-17/h9-12,18H,6-8,13-16H2,1-5H3,(H,24,25). The Morgan fingerprint density at radius 2 is 1.97 bits per heavy atom. The summed E-state index contributed by atoms with van der Waals surface area (Å²) in [5, 5.41) is 8.19. The Morgan fingerprint density at radius 3 is 2.59 bits per heavy atom. The normalized spacial score (nSPS) is 17.1. The average Bonchev–Trinajstić information content (AvgIpc) is 3.35. The molecule has 158 valence electrons. The summed E-state index contributed by atoms with van der Waals surface area (Å²) >= 11 is 0. The minimum Gasteiger partial charge on any atom is -0.497 e. The second-order valence-corrected chi connectivity index (χ2v) is 7.58. The first-order valence-corrected chi connectivity index (χ1v) is 10.8. The molecule has 2 aromatic rings. The molecule has 2 heterocycles. The van der Waals surface area contributed by atoms with Gasteiger partial charge >= 0.3 is 0 Å². The Hall–Kier alpha value is -2.50. The molecule has 1 aliphatic heterocycles. The zero-order valence-corrected chi connectivity index (χ0v) is 18.5. The molecule has 1 aromatic heterocycles. The minimum absolute atomic E-state index is 0.528. The summed E-state index contributed by atoms with van der Waals surface area (Å²) in [5.41, 5.74) is 5.12. The van der Waals surface area contributed by atoms with Gasteiger partial charge < -0.3 is 15.0 Å². The molecular weight excluding hydrogens is 362 g/mol. The number of benzene rings is 1. The average molecular weight is 398 g/mol. The molecule has 0 radical (unpaired) electrons. The van der Waals surface area contributed by atoms with E-state index >= 15 is 0 Å². The number of ether oxygens (including phenoxy) is 1. The van der Waals surface area contributed by atoms with Crippen molar-refractivity contribution in [1.82, 2.24) is 20.0 Å². The van der Waals surface area contributed by atoms with E-state index in [1.165, 1.54) is 22.5 Å². The van der Waals surface area contributed by atoms with Crippen molar-refractivity contribution in [2.24, 2.45) is 12.0 Å². The van der Waals surface area contributed by atoms with Gasteiger partial charge in [0.15, 0.2) is 5.96 Å². The molecular formula is C23H35N5O. The molecule has 1 atom stereocenters. The van der Waals surface area contributed by atoms with Gasteiger partial charge in [0.1, 0.15) is 5.75 Å². The van der Waals surface area contributed by atoms with Gasteiger partial charge in [-0.05, 0) is 43.9 Å². The van der Waals surface area contributed by atoms with Crippen LogP contribution in [0.1, 0.15) is 55.6 Å². The van der Waals surface area contributed by atoms with Crippen LogP contribution in [0.4, 0.5) is 0 Å². The lowest BCUT2D eigenvalue weighted by molar-refractivity contribution is 0.414. The molecule has 0 saturated carbocycles. The van der Waals surface area contributed by atoms with Crippen molar-refractivity contribution >= 4 is 5.96 Å². The largest absolute Gasteiger partial charge is 0.497 e. The SMILES string of the molecule is CCNC(=NCc1c(CC)nn(C)c1CC)N1CCC(c2ccc(OC)cc2)C1. The number of hydrogen-bond acceptors (Lipinski definition) is 3. The molecule has 1 aromatic carbocycles. The number of hydrogen-bond donors (Lipinski definition) is 1. The molecule has 1 unspecified atom stereocenters. The minimum atomic E-state index is 0.528. The third kappa shape index (κ3) is 4.74. The number of nitrogens with one attached hydrogen (secondary N) is 1. The molecule has 0 amide bonds. The second kappa shape index (κ2) is 9.81. The number of aromatic nitrogens is 2. The number of methoxy groups -OCH3 is 1. The van der Waals surface area contributed by atoms with Crippen LogP contribution in [0.3, 0.4) is 0 Å². The number of guanidine groups is 1. The highest BCUT2D eigenvalue weighted by molar-refractivity contribution is 5.80. The van der Waals surface area contributed by atoms with Crippen LogP contribution in [0.15, 0.2) is 29.3 Å². The van der Waals surface area contributed by atoms with Crippen LogP contribution in [0, 0.1) is 0 Å². The summed E-state index contributed by atoms with van der Waals surface area (Å²) in [7, 11) is 3.75. The highest BCUT2D eigenvalue weighted by atomic mass is 16.5. The quantitative estimate of drug-likeness (QED) is 0.574. The molecule has 6 nitrogen and oxygen atoms in total. The third-order valence-electron chi connectivity index (χ3n) is 5.82.